The van der Waals surface area contributed by atoms with Crippen LogP contribution >= 0.6 is 11.6 Å². The molecular weight excluding hydrogens is 518 g/mol. The highest BCUT2D eigenvalue weighted by atomic mass is 35.5. The molecule has 0 amide bonds. The molecule has 40 heavy (non-hydrogen) atoms. The summed E-state index contributed by atoms with van der Waals surface area (Å²) in [5.41, 5.74) is 8.58. The summed E-state index contributed by atoms with van der Waals surface area (Å²) in [5.74, 6) is 0.0170. The van der Waals surface area contributed by atoms with Crippen molar-refractivity contribution in [3.63, 3.8) is 0 Å². The molecule has 5 nitrogen and oxygen atoms in total. The number of halogens is 1. The summed E-state index contributed by atoms with van der Waals surface area (Å²) in [6.45, 7) is 2.18. The zero-order valence-corrected chi connectivity index (χ0v) is 22.7. The summed E-state index contributed by atoms with van der Waals surface area (Å²) >= 11 is 6.18. The van der Waals surface area contributed by atoms with E-state index in [1.54, 1.807) is 6.07 Å². The molecule has 0 unspecified atom stereocenters. The van der Waals surface area contributed by atoms with Gasteiger partial charge in [-0.1, -0.05) is 114 Å². The molecule has 6 heteroatoms. The standard InChI is InChI=1S/C34H28ClN3O2/c1-24-14-16-25(17-15-24)8-2-3-9-26-18-20-29(21-19-26)36-37-33-30-11-5-4-10-27(30)22-28(34(33)39)23-40-38-32-13-7-6-12-31(32)35/h2-22,38-39H,23H2,1H3/b8-2+,9-3+,37-36?. The summed E-state index contributed by atoms with van der Waals surface area (Å²) in [6, 6.07) is 33.0. The second-order valence-electron chi connectivity index (χ2n) is 9.25. The second-order valence-corrected chi connectivity index (χ2v) is 9.65. The van der Waals surface area contributed by atoms with Crippen LogP contribution in [0.5, 0.6) is 5.75 Å². The molecule has 5 rings (SSSR count). The Labute approximate surface area is 238 Å². The number of para-hydroxylation sites is 1. The predicted octanol–water partition coefficient (Wildman–Crippen LogP) is 10.2. The lowest BCUT2D eigenvalue weighted by Crippen LogP contribution is -2.02. The minimum absolute atomic E-state index is 0.0170. The van der Waals surface area contributed by atoms with E-state index in [1.165, 1.54) is 5.56 Å². The predicted molar refractivity (Wildman–Crippen MR) is 165 cm³/mol. The fraction of sp³-hybridized carbons (Fsp3) is 0.0588. The first-order chi connectivity index (χ1) is 19.6. The van der Waals surface area contributed by atoms with Crippen LogP contribution in [0.1, 0.15) is 22.3 Å². The van der Waals surface area contributed by atoms with E-state index in [-0.39, 0.29) is 12.4 Å². The fourth-order valence-corrected chi connectivity index (χ4v) is 4.27. The number of hydrogen-bond acceptors (Lipinski definition) is 5. The maximum absolute atomic E-state index is 11.1. The van der Waals surface area contributed by atoms with Crippen molar-refractivity contribution in [2.24, 2.45) is 10.2 Å². The molecular formula is C34H28ClN3O2. The lowest BCUT2D eigenvalue weighted by atomic mass is 10.0. The van der Waals surface area contributed by atoms with Gasteiger partial charge in [-0.25, -0.2) is 0 Å². The van der Waals surface area contributed by atoms with Crippen LogP contribution < -0.4 is 5.48 Å². The number of hydrogen-bond donors (Lipinski definition) is 2. The Hall–Kier alpha value is -4.71. The van der Waals surface area contributed by atoms with Crippen LogP contribution in [0.4, 0.5) is 17.1 Å². The molecule has 0 atom stereocenters. The van der Waals surface area contributed by atoms with Gasteiger partial charge in [0.25, 0.3) is 0 Å². The number of anilines is 1. The van der Waals surface area contributed by atoms with Gasteiger partial charge >= 0.3 is 0 Å². The third-order valence-corrected chi connectivity index (χ3v) is 6.61. The lowest BCUT2D eigenvalue weighted by molar-refractivity contribution is 0.177. The smallest absolute Gasteiger partial charge is 0.149 e. The van der Waals surface area contributed by atoms with Gasteiger partial charge in [-0.2, -0.15) is 5.11 Å². The van der Waals surface area contributed by atoms with E-state index in [0.717, 1.165) is 21.9 Å². The van der Waals surface area contributed by atoms with Crippen molar-refractivity contribution in [1.29, 1.82) is 0 Å². The van der Waals surface area contributed by atoms with Crippen LogP contribution in [0.15, 0.2) is 126 Å². The van der Waals surface area contributed by atoms with Crippen LogP contribution in [0.25, 0.3) is 22.9 Å². The minimum Gasteiger partial charge on any atom is -0.505 e. The Morgan fingerprint density at radius 2 is 1.45 bits per heavy atom. The highest BCUT2D eigenvalue weighted by Crippen LogP contribution is 2.39. The van der Waals surface area contributed by atoms with Crippen molar-refractivity contribution >= 4 is 51.6 Å². The van der Waals surface area contributed by atoms with E-state index in [0.29, 0.717) is 27.6 Å². The Balaban J connectivity index is 1.29. The Morgan fingerprint density at radius 3 is 2.17 bits per heavy atom. The molecule has 0 aliphatic carbocycles. The van der Waals surface area contributed by atoms with Gasteiger partial charge in [0.1, 0.15) is 18.0 Å². The second kappa shape index (κ2) is 12.9. The third-order valence-electron chi connectivity index (χ3n) is 6.28. The van der Waals surface area contributed by atoms with Crippen LogP contribution in [0.2, 0.25) is 5.02 Å². The molecule has 0 fully saturated rings. The Bertz CT molecular complexity index is 1690. The van der Waals surface area contributed by atoms with Crippen LogP contribution in [-0.2, 0) is 11.4 Å². The molecule has 0 bridgehead atoms. The number of fused-ring (bicyclic) bond motifs is 1. The average Bonchev–Trinajstić information content (AvgIpc) is 2.98. The van der Waals surface area contributed by atoms with Crippen molar-refractivity contribution in [2.45, 2.75) is 13.5 Å². The molecule has 0 spiro atoms. The molecule has 0 aromatic heterocycles. The van der Waals surface area contributed by atoms with E-state index in [1.807, 2.05) is 91.0 Å². The van der Waals surface area contributed by atoms with Crippen molar-refractivity contribution in [1.82, 2.24) is 0 Å². The molecule has 0 aliphatic rings. The van der Waals surface area contributed by atoms with Gasteiger partial charge in [-0.3, -0.25) is 10.3 Å². The van der Waals surface area contributed by atoms with Crippen molar-refractivity contribution < 1.29 is 9.94 Å². The molecule has 0 saturated heterocycles. The topological polar surface area (TPSA) is 66.2 Å². The summed E-state index contributed by atoms with van der Waals surface area (Å²) in [4.78, 5) is 5.64. The van der Waals surface area contributed by atoms with Crippen LogP contribution in [0, 0.1) is 6.92 Å². The summed E-state index contributed by atoms with van der Waals surface area (Å²) in [6.07, 6.45) is 8.13. The van der Waals surface area contributed by atoms with E-state index >= 15 is 0 Å². The maximum atomic E-state index is 11.1. The molecule has 198 valence electrons. The molecule has 0 aliphatic heterocycles. The lowest BCUT2D eigenvalue weighted by Gasteiger charge is -2.12. The molecule has 2 N–H and O–H groups in total. The van der Waals surface area contributed by atoms with Crippen molar-refractivity contribution in [2.75, 3.05) is 5.48 Å². The van der Waals surface area contributed by atoms with Crippen LogP contribution in [0.3, 0.4) is 0 Å². The Morgan fingerprint density at radius 1 is 0.800 bits per heavy atom. The van der Waals surface area contributed by atoms with Gasteiger partial charge < -0.3 is 5.11 Å². The number of nitrogens with one attached hydrogen (secondary N) is 1. The van der Waals surface area contributed by atoms with E-state index in [2.05, 4.69) is 53.0 Å². The van der Waals surface area contributed by atoms with E-state index in [9.17, 15) is 5.11 Å². The maximum Gasteiger partial charge on any atom is 0.149 e. The third kappa shape index (κ3) is 6.83. The quantitative estimate of drug-likeness (QED) is 0.110. The molecule has 0 saturated carbocycles. The number of aromatic hydroxyl groups is 1. The number of phenolic OH excluding ortho intramolecular Hbond substituents is 1. The van der Waals surface area contributed by atoms with Gasteiger partial charge in [0.05, 0.1) is 16.4 Å². The van der Waals surface area contributed by atoms with Gasteiger partial charge in [0, 0.05) is 10.9 Å². The summed E-state index contributed by atoms with van der Waals surface area (Å²) in [5, 5.41) is 22.2. The monoisotopic (exact) mass is 545 g/mol. The summed E-state index contributed by atoms with van der Waals surface area (Å²) < 4.78 is 0. The normalized spacial score (nSPS) is 11.8. The number of rotatable bonds is 9. The molecule has 5 aromatic carbocycles. The van der Waals surface area contributed by atoms with Crippen molar-refractivity contribution in [3.8, 4) is 5.75 Å². The zero-order valence-electron chi connectivity index (χ0n) is 22.0. The van der Waals surface area contributed by atoms with Gasteiger partial charge in [0.15, 0.2) is 0 Å². The van der Waals surface area contributed by atoms with Crippen LogP contribution in [-0.4, -0.2) is 5.11 Å². The number of phenols is 1. The zero-order chi connectivity index (χ0) is 27.7. The highest BCUT2D eigenvalue weighted by Gasteiger charge is 2.13. The molecule has 0 radical (unpaired) electrons. The Kier molecular flexibility index (Phi) is 8.66. The van der Waals surface area contributed by atoms with Gasteiger partial charge in [-0.15, -0.1) is 5.11 Å². The first-order valence-corrected chi connectivity index (χ1v) is 13.2. The minimum atomic E-state index is 0.0170. The van der Waals surface area contributed by atoms with Crippen molar-refractivity contribution in [3.05, 3.63) is 143 Å². The number of nitrogens with zero attached hydrogens (tertiary/aromatic N) is 2. The first-order valence-electron chi connectivity index (χ1n) is 12.9. The largest absolute Gasteiger partial charge is 0.505 e. The molecule has 0 heterocycles. The summed E-state index contributed by atoms with van der Waals surface area (Å²) in [7, 11) is 0. The first kappa shape index (κ1) is 26.9. The highest BCUT2D eigenvalue weighted by molar-refractivity contribution is 6.33. The van der Waals surface area contributed by atoms with Gasteiger partial charge in [-0.05, 0) is 53.8 Å². The number of benzene rings is 5. The average molecular weight is 546 g/mol. The van der Waals surface area contributed by atoms with E-state index < -0.39 is 0 Å². The molecule has 5 aromatic rings. The SMILES string of the molecule is Cc1ccc(/C=C/C=C/c2ccc(N=Nc3c(O)c(CONc4ccccc4Cl)cc4ccccc34)cc2)cc1. The van der Waals surface area contributed by atoms with Gasteiger partial charge in [0.2, 0.25) is 0 Å². The fourth-order valence-electron chi connectivity index (χ4n) is 4.09. The van der Waals surface area contributed by atoms with E-state index in [4.69, 9.17) is 16.4 Å². The number of aryl methyl sites for hydroxylation is 1. The number of azo groups is 1. The number of allylic oxidation sites excluding steroid dienone is 2.